The van der Waals surface area contributed by atoms with Gasteiger partial charge in [0.1, 0.15) is 0 Å². The molecule has 2 rings (SSSR count). The number of rotatable bonds is 7. The zero-order valence-electron chi connectivity index (χ0n) is 13.2. The van der Waals surface area contributed by atoms with E-state index in [1.54, 1.807) is 0 Å². The summed E-state index contributed by atoms with van der Waals surface area (Å²) < 4.78 is 0. The molecule has 3 N–H and O–H groups in total. The first-order valence-corrected chi connectivity index (χ1v) is 7.99. The van der Waals surface area contributed by atoms with E-state index in [4.69, 9.17) is 5.73 Å². The highest BCUT2D eigenvalue weighted by atomic mass is 16.2. The average Bonchev–Trinajstić information content (AvgIpc) is 2.90. The maximum Gasteiger partial charge on any atom is 0.237 e. The number of hydrogen-bond acceptors (Lipinski definition) is 3. The lowest BCUT2D eigenvalue weighted by Gasteiger charge is -2.16. The van der Waals surface area contributed by atoms with E-state index < -0.39 is 6.04 Å². The van der Waals surface area contributed by atoms with Crippen molar-refractivity contribution in [3.05, 3.63) is 35.4 Å². The van der Waals surface area contributed by atoms with Crippen molar-refractivity contribution >= 4 is 11.8 Å². The van der Waals surface area contributed by atoms with Gasteiger partial charge in [-0.1, -0.05) is 37.6 Å². The summed E-state index contributed by atoms with van der Waals surface area (Å²) in [7, 11) is 0. The molecular formula is C17H25N3O2. The predicted octanol–water partition coefficient (Wildman–Crippen LogP) is 1.55. The molecule has 5 heteroatoms. The summed E-state index contributed by atoms with van der Waals surface area (Å²) in [5.41, 5.74) is 7.92. The molecule has 1 saturated heterocycles. The lowest BCUT2D eigenvalue weighted by Crippen LogP contribution is -2.40. The van der Waals surface area contributed by atoms with E-state index in [1.165, 1.54) is 0 Å². The normalized spacial score (nSPS) is 15.9. The van der Waals surface area contributed by atoms with Gasteiger partial charge in [-0.3, -0.25) is 9.59 Å². The van der Waals surface area contributed by atoms with Crippen LogP contribution in [0.4, 0.5) is 0 Å². The topological polar surface area (TPSA) is 75.4 Å². The number of nitrogens with one attached hydrogen (secondary N) is 1. The van der Waals surface area contributed by atoms with E-state index in [0.29, 0.717) is 25.9 Å². The molecular weight excluding hydrogens is 278 g/mol. The van der Waals surface area contributed by atoms with Crippen molar-refractivity contribution in [1.29, 1.82) is 0 Å². The summed E-state index contributed by atoms with van der Waals surface area (Å²) in [6, 6.07) is 7.55. The Bertz CT molecular complexity index is 530. The monoisotopic (exact) mass is 303 g/mol. The van der Waals surface area contributed by atoms with Gasteiger partial charge in [0.25, 0.3) is 0 Å². The van der Waals surface area contributed by atoms with Crippen molar-refractivity contribution < 1.29 is 9.59 Å². The third kappa shape index (κ3) is 4.56. The number of benzene rings is 1. The Morgan fingerprint density at radius 1 is 1.41 bits per heavy atom. The predicted molar refractivity (Wildman–Crippen MR) is 85.8 cm³/mol. The SMILES string of the molecule is CCCC(N)C(=O)NCc1cccc(CN2CCCC2=O)c1. The third-order valence-electron chi connectivity index (χ3n) is 3.94. The van der Waals surface area contributed by atoms with Crippen molar-refractivity contribution in [2.24, 2.45) is 5.73 Å². The molecule has 0 spiro atoms. The molecule has 5 nitrogen and oxygen atoms in total. The van der Waals surface area contributed by atoms with Crippen molar-refractivity contribution in [2.45, 2.75) is 51.7 Å². The lowest BCUT2D eigenvalue weighted by molar-refractivity contribution is -0.128. The maximum absolute atomic E-state index is 11.8. The molecule has 0 saturated carbocycles. The number of amides is 2. The van der Waals surface area contributed by atoms with Crippen molar-refractivity contribution in [1.82, 2.24) is 10.2 Å². The molecule has 1 aromatic carbocycles. The molecule has 1 unspecified atom stereocenters. The molecule has 120 valence electrons. The summed E-state index contributed by atoms with van der Waals surface area (Å²) in [5.74, 6) is 0.117. The van der Waals surface area contributed by atoms with Gasteiger partial charge in [0.15, 0.2) is 0 Å². The first-order chi connectivity index (χ1) is 10.6. The summed E-state index contributed by atoms with van der Waals surface area (Å²) >= 11 is 0. The van der Waals surface area contributed by atoms with Crippen LogP contribution < -0.4 is 11.1 Å². The molecule has 0 bridgehead atoms. The third-order valence-corrected chi connectivity index (χ3v) is 3.94. The van der Waals surface area contributed by atoms with Crippen LogP contribution in [0.25, 0.3) is 0 Å². The van der Waals surface area contributed by atoms with E-state index >= 15 is 0 Å². The van der Waals surface area contributed by atoms with Crippen LogP contribution in [0.2, 0.25) is 0 Å². The quantitative estimate of drug-likeness (QED) is 0.802. The van der Waals surface area contributed by atoms with Crippen LogP contribution in [0.5, 0.6) is 0 Å². The largest absolute Gasteiger partial charge is 0.351 e. The summed E-state index contributed by atoms with van der Waals surface area (Å²) in [4.78, 5) is 25.4. The van der Waals surface area contributed by atoms with E-state index in [9.17, 15) is 9.59 Å². The summed E-state index contributed by atoms with van der Waals surface area (Å²) in [6.45, 7) is 3.97. The van der Waals surface area contributed by atoms with Crippen LogP contribution in [0.1, 0.15) is 43.7 Å². The fraction of sp³-hybridized carbons (Fsp3) is 0.529. The highest BCUT2D eigenvalue weighted by Gasteiger charge is 2.20. The average molecular weight is 303 g/mol. The molecule has 1 atom stereocenters. The van der Waals surface area contributed by atoms with Crippen molar-refractivity contribution in [2.75, 3.05) is 6.54 Å². The fourth-order valence-corrected chi connectivity index (χ4v) is 2.69. The van der Waals surface area contributed by atoms with Gasteiger partial charge in [-0.15, -0.1) is 0 Å². The van der Waals surface area contributed by atoms with Crippen molar-refractivity contribution in [3.63, 3.8) is 0 Å². The minimum absolute atomic E-state index is 0.109. The Hall–Kier alpha value is -1.88. The maximum atomic E-state index is 11.8. The molecule has 0 aromatic heterocycles. The Balaban J connectivity index is 1.88. The number of nitrogens with zero attached hydrogens (tertiary/aromatic N) is 1. The zero-order chi connectivity index (χ0) is 15.9. The van der Waals surface area contributed by atoms with Crippen LogP contribution in [0.3, 0.4) is 0 Å². The molecule has 0 aliphatic carbocycles. The fourth-order valence-electron chi connectivity index (χ4n) is 2.69. The minimum Gasteiger partial charge on any atom is -0.351 e. The number of carbonyl (C=O) groups is 2. The van der Waals surface area contributed by atoms with Crippen LogP contribution in [-0.4, -0.2) is 29.3 Å². The molecule has 1 aliphatic heterocycles. The second-order valence-corrected chi connectivity index (χ2v) is 5.85. The number of likely N-dealkylation sites (tertiary alicyclic amines) is 1. The van der Waals surface area contributed by atoms with Gasteiger partial charge in [-0.05, 0) is 24.0 Å². The van der Waals surface area contributed by atoms with Crippen LogP contribution in [0, 0.1) is 0 Å². The number of carbonyl (C=O) groups excluding carboxylic acids is 2. The van der Waals surface area contributed by atoms with E-state index in [1.807, 2.05) is 36.1 Å². The molecule has 1 heterocycles. The zero-order valence-corrected chi connectivity index (χ0v) is 13.2. The highest BCUT2D eigenvalue weighted by molar-refractivity contribution is 5.81. The molecule has 2 amide bonds. The Kier molecular flexibility index (Phi) is 5.95. The Morgan fingerprint density at radius 3 is 2.86 bits per heavy atom. The highest BCUT2D eigenvalue weighted by Crippen LogP contribution is 2.15. The van der Waals surface area contributed by atoms with Gasteiger partial charge in [-0.2, -0.15) is 0 Å². The first kappa shape index (κ1) is 16.5. The van der Waals surface area contributed by atoms with Crippen molar-refractivity contribution in [3.8, 4) is 0 Å². The van der Waals surface area contributed by atoms with E-state index in [-0.39, 0.29) is 11.8 Å². The summed E-state index contributed by atoms with van der Waals surface area (Å²) in [5, 5.41) is 2.87. The first-order valence-electron chi connectivity index (χ1n) is 7.99. The van der Waals surface area contributed by atoms with Gasteiger partial charge >= 0.3 is 0 Å². The van der Waals surface area contributed by atoms with Crippen LogP contribution >= 0.6 is 0 Å². The molecule has 1 aromatic rings. The van der Waals surface area contributed by atoms with Gasteiger partial charge in [0, 0.05) is 26.1 Å². The second kappa shape index (κ2) is 7.94. The molecule has 0 radical (unpaired) electrons. The Morgan fingerprint density at radius 2 is 2.18 bits per heavy atom. The van der Waals surface area contributed by atoms with E-state index in [0.717, 1.165) is 30.5 Å². The van der Waals surface area contributed by atoms with Crippen LogP contribution in [-0.2, 0) is 22.7 Å². The van der Waals surface area contributed by atoms with Gasteiger partial charge in [0.2, 0.25) is 11.8 Å². The van der Waals surface area contributed by atoms with Gasteiger partial charge < -0.3 is 16.0 Å². The standard InChI is InChI=1S/C17H25N3O2/c1-2-5-15(18)17(22)19-11-13-6-3-7-14(10-13)12-20-9-4-8-16(20)21/h3,6-7,10,15H,2,4-5,8-9,11-12,18H2,1H3,(H,19,22). The Labute approximate surface area is 131 Å². The smallest absolute Gasteiger partial charge is 0.237 e. The number of hydrogen-bond donors (Lipinski definition) is 2. The molecule has 22 heavy (non-hydrogen) atoms. The molecule has 1 fully saturated rings. The lowest BCUT2D eigenvalue weighted by atomic mass is 10.1. The van der Waals surface area contributed by atoms with Gasteiger partial charge in [0.05, 0.1) is 6.04 Å². The minimum atomic E-state index is -0.435. The van der Waals surface area contributed by atoms with Gasteiger partial charge in [-0.25, -0.2) is 0 Å². The second-order valence-electron chi connectivity index (χ2n) is 5.85. The van der Waals surface area contributed by atoms with Crippen LogP contribution in [0.15, 0.2) is 24.3 Å². The summed E-state index contributed by atoms with van der Waals surface area (Å²) in [6.07, 6.45) is 3.20. The van der Waals surface area contributed by atoms with E-state index in [2.05, 4.69) is 5.32 Å². The number of nitrogens with two attached hydrogens (primary N) is 1. The molecule has 1 aliphatic rings.